The van der Waals surface area contributed by atoms with Gasteiger partial charge in [0.05, 0.1) is 13.7 Å². The van der Waals surface area contributed by atoms with E-state index in [9.17, 15) is 20.1 Å². The first kappa shape index (κ1) is 21.3. The van der Waals surface area contributed by atoms with E-state index in [0.29, 0.717) is 13.0 Å². The molecule has 0 unspecified atom stereocenters. The molecule has 0 saturated carbocycles. The lowest BCUT2D eigenvalue weighted by Gasteiger charge is -2.39. The van der Waals surface area contributed by atoms with Crippen molar-refractivity contribution < 1.29 is 39.4 Å². The van der Waals surface area contributed by atoms with Crippen molar-refractivity contribution in [2.75, 3.05) is 20.3 Å². The molecule has 4 N–H and O–H groups in total. The summed E-state index contributed by atoms with van der Waals surface area (Å²) >= 11 is 0. The molecule has 24 heavy (non-hydrogen) atoms. The Hall–Kier alpha value is -0.770. The Balaban J connectivity index is 2.07. The zero-order valence-electron chi connectivity index (χ0n) is 14.2. The maximum atomic E-state index is 10.9. The third-order valence-electron chi connectivity index (χ3n) is 4.13. The molecule has 8 heteroatoms. The predicted octanol–water partition coefficient (Wildman–Crippen LogP) is -0.293. The lowest BCUT2D eigenvalue weighted by Crippen LogP contribution is -2.59. The molecule has 142 valence electrons. The molecule has 1 aliphatic rings. The van der Waals surface area contributed by atoms with Crippen molar-refractivity contribution in [3.05, 3.63) is 0 Å². The first-order valence-electron chi connectivity index (χ1n) is 8.50. The molecule has 1 rings (SSSR count). The molecule has 0 aromatic rings. The topological polar surface area (TPSA) is 126 Å². The number of aliphatic hydroxyl groups excluding tert-OH is 4. The van der Waals surface area contributed by atoms with E-state index in [1.165, 1.54) is 7.11 Å². The van der Waals surface area contributed by atoms with Crippen LogP contribution in [0.1, 0.15) is 44.9 Å². The van der Waals surface area contributed by atoms with Gasteiger partial charge in [-0.1, -0.05) is 25.7 Å². The Bertz CT molecular complexity index is 349. The van der Waals surface area contributed by atoms with E-state index in [1.807, 2.05) is 0 Å². The average molecular weight is 350 g/mol. The van der Waals surface area contributed by atoms with Gasteiger partial charge in [-0.05, 0) is 12.8 Å². The van der Waals surface area contributed by atoms with Crippen molar-refractivity contribution in [2.24, 2.45) is 0 Å². The van der Waals surface area contributed by atoms with Crippen LogP contribution < -0.4 is 0 Å². The van der Waals surface area contributed by atoms with Crippen molar-refractivity contribution >= 4 is 5.97 Å². The molecular formula is C16H30O8. The summed E-state index contributed by atoms with van der Waals surface area (Å²) in [5, 5.41) is 38.2. The molecule has 1 aliphatic heterocycles. The molecule has 0 aromatic heterocycles. The quantitative estimate of drug-likeness (QED) is 0.296. The summed E-state index contributed by atoms with van der Waals surface area (Å²) in [6.45, 7) is -0.110. The van der Waals surface area contributed by atoms with Crippen molar-refractivity contribution in [1.29, 1.82) is 0 Å². The van der Waals surface area contributed by atoms with E-state index in [2.05, 4.69) is 4.74 Å². The third-order valence-corrected chi connectivity index (χ3v) is 4.13. The largest absolute Gasteiger partial charge is 0.469 e. The Kier molecular flexibility index (Phi) is 10.4. The van der Waals surface area contributed by atoms with Crippen LogP contribution in [0.4, 0.5) is 0 Å². The van der Waals surface area contributed by atoms with Crippen LogP contribution in [-0.2, 0) is 19.0 Å². The van der Waals surface area contributed by atoms with Crippen LogP contribution in [0.2, 0.25) is 0 Å². The maximum Gasteiger partial charge on any atom is 0.305 e. The number of hydrogen-bond acceptors (Lipinski definition) is 8. The van der Waals surface area contributed by atoms with Crippen molar-refractivity contribution in [3.63, 3.8) is 0 Å². The standard InChI is InChI=1S/C16H30O8/c1-22-12(18)8-6-4-2-3-5-7-9-23-16-15(21)14(20)13(19)11(10-17)24-16/h11,13-17,19-21H,2-10H2,1H3/t11-,13+,14+,15-,16-/m1/s1. The Morgan fingerprint density at radius 1 is 0.958 bits per heavy atom. The Morgan fingerprint density at radius 2 is 1.58 bits per heavy atom. The summed E-state index contributed by atoms with van der Waals surface area (Å²) < 4.78 is 15.2. The van der Waals surface area contributed by atoms with E-state index in [-0.39, 0.29) is 5.97 Å². The minimum Gasteiger partial charge on any atom is -0.469 e. The summed E-state index contributed by atoms with van der Waals surface area (Å²) in [4.78, 5) is 10.9. The summed E-state index contributed by atoms with van der Waals surface area (Å²) in [5.41, 5.74) is 0. The summed E-state index contributed by atoms with van der Waals surface area (Å²) in [5.74, 6) is -0.178. The Labute approximate surface area is 142 Å². The second kappa shape index (κ2) is 11.7. The number of carbonyl (C=O) groups excluding carboxylic acids is 1. The number of ether oxygens (including phenoxy) is 3. The summed E-state index contributed by atoms with van der Waals surface area (Å²) in [7, 11) is 1.39. The van der Waals surface area contributed by atoms with Gasteiger partial charge in [-0.15, -0.1) is 0 Å². The first-order chi connectivity index (χ1) is 11.5. The van der Waals surface area contributed by atoms with Gasteiger partial charge in [0, 0.05) is 13.0 Å². The molecule has 1 fully saturated rings. The van der Waals surface area contributed by atoms with Crippen molar-refractivity contribution in [3.8, 4) is 0 Å². The lowest BCUT2D eigenvalue weighted by atomic mass is 9.99. The van der Waals surface area contributed by atoms with E-state index < -0.39 is 37.3 Å². The number of hydrogen-bond donors (Lipinski definition) is 4. The van der Waals surface area contributed by atoms with Gasteiger partial charge in [0.1, 0.15) is 24.4 Å². The molecule has 0 radical (unpaired) electrons. The molecule has 0 spiro atoms. The van der Waals surface area contributed by atoms with Gasteiger partial charge in [0.2, 0.25) is 0 Å². The molecule has 0 amide bonds. The molecule has 5 atom stereocenters. The minimum absolute atomic E-state index is 0.178. The minimum atomic E-state index is -1.41. The fourth-order valence-corrected chi connectivity index (χ4v) is 2.59. The van der Waals surface area contributed by atoms with Gasteiger partial charge in [-0.25, -0.2) is 0 Å². The molecule has 0 aliphatic carbocycles. The Morgan fingerprint density at radius 3 is 2.21 bits per heavy atom. The molecular weight excluding hydrogens is 320 g/mol. The highest BCUT2D eigenvalue weighted by molar-refractivity contribution is 5.68. The van der Waals surface area contributed by atoms with Crippen molar-refractivity contribution in [1.82, 2.24) is 0 Å². The van der Waals surface area contributed by atoms with Crippen LogP contribution in [0.3, 0.4) is 0 Å². The van der Waals surface area contributed by atoms with Crippen LogP contribution in [0.5, 0.6) is 0 Å². The normalized spacial score (nSPS) is 30.3. The molecule has 0 bridgehead atoms. The average Bonchev–Trinajstić information content (AvgIpc) is 2.59. The van der Waals surface area contributed by atoms with E-state index in [4.69, 9.17) is 14.6 Å². The zero-order valence-corrected chi connectivity index (χ0v) is 14.2. The van der Waals surface area contributed by atoms with Gasteiger partial charge >= 0.3 is 5.97 Å². The molecule has 8 nitrogen and oxygen atoms in total. The molecule has 1 heterocycles. The van der Waals surface area contributed by atoms with Crippen LogP contribution in [-0.4, -0.2) is 77.4 Å². The smallest absolute Gasteiger partial charge is 0.305 e. The molecule has 1 saturated heterocycles. The monoisotopic (exact) mass is 350 g/mol. The highest BCUT2D eigenvalue weighted by Crippen LogP contribution is 2.22. The molecule has 0 aromatic carbocycles. The maximum absolute atomic E-state index is 10.9. The van der Waals surface area contributed by atoms with E-state index in [1.54, 1.807) is 0 Å². The summed E-state index contributed by atoms with van der Waals surface area (Å²) in [6, 6.07) is 0. The lowest BCUT2D eigenvalue weighted by molar-refractivity contribution is -0.301. The second-order valence-corrected chi connectivity index (χ2v) is 6.02. The van der Waals surface area contributed by atoms with Crippen LogP contribution >= 0.6 is 0 Å². The van der Waals surface area contributed by atoms with Gasteiger partial charge in [-0.3, -0.25) is 4.79 Å². The van der Waals surface area contributed by atoms with Gasteiger partial charge in [0.25, 0.3) is 0 Å². The first-order valence-corrected chi connectivity index (χ1v) is 8.50. The van der Waals surface area contributed by atoms with E-state index in [0.717, 1.165) is 38.5 Å². The van der Waals surface area contributed by atoms with Crippen molar-refractivity contribution in [2.45, 2.75) is 75.7 Å². The number of unbranched alkanes of at least 4 members (excludes halogenated alkanes) is 5. The van der Waals surface area contributed by atoms with E-state index >= 15 is 0 Å². The highest BCUT2D eigenvalue weighted by Gasteiger charge is 2.43. The van der Waals surface area contributed by atoms with Gasteiger partial charge in [-0.2, -0.15) is 0 Å². The van der Waals surface area contributed by atoms with Gasteiger partial charge < -0.3 is 34.6 Å². The third kappa shape index (κ3) is 7.00. The van der Waals surface area contributed by atoms with Crippen LogP contribution in [0, 0.1) is 0 Å². The number of carbonyl (C=O) groups is 1. The fraction of sp³-hybridized carbons (Fsp3) is 0.938. The van der Waals surface area contributed by atoms with Gasteiger partial charge in [0.15, 0.2) is 6.29 Å². The highest BCUT2D eigenvalue weighted by atomic mass is 16.7. The van der Waals surface area contributed by atoms with Crippen LogP contribution in [0.25, 0.3) is 0 Å². The number of rotatable bonds is 11. The number of aliphatic hydroxyl groups is 4. The fourth-order valence-electron chi connectivity index (χ4n) is 2.59. The SMILES string of the molecule is COC(=O)CCCCCCCCO[C@@H]1O[C@H](CO)[C@H](O)[C@H](O)[C@H]1O. The number of methoxy groups -OCH3 is 1. The number of esters is 1. The second-order valence-electron chi connectivity index (χ2n) is 6.02. The zero-order chi connectivity index (χ0) is 17.9. The predicted molar refractivity (Wildman–Crippen MR) is 84.1 cm³/mol. The van der Waals surface area contributed by atoms with Crippen LogP contribution in [0.15, 0.2) is 0 Å². The summed E-state index contributed by atoms with van der Waals surface area (Å²) in [6.07, 6.45) is -0.110.